The molecule has 0 spiro atoms. The number of nitrogens with one attached hydrogen (secondary N) is 1. The number of benzene rings is 2. The van der Waals surface area contributed by atoms with E-state index in [9.17, 15) is 4.79 Å². The first-order valence-corrected chi connectivity index (χ1v) is 7.67. The minimum Gasteiger partial charge on any atom is -0.343 e. The molecule has 2 aromatic heterocycles. The molecule has 0 aliphatic rings. The Balaban J connectivity index is 1.91. The number of aryl methyl sites for hydroxylation is 2. The van der Waals surface area contributed by atoms with Crippen molar-refractivity contribution in [3.05, 3.63) is 76.0 Å². The lowest BCUT2D eigenvalue weighted by atomic mass is 10.0. The molecule has 0 fully saturated rings. The van der Waals surface area contributed by atoms with Crippen molar-refractivity contribution in [2.24, 2.45) is 0 Å². The summed E-state index contributed by atoms with van der Waals surface area (Å²) in [6.07, 6.45) is 0. The predicted molar refractivity (Wildman–Crippen MR) is 92.9 cm³/mol. The third-order valence-electron chi connectivity index (χ3n) is 4.28. The maximum absolute atomic E-state index is 12.8. The van der Waals surface area contributed by atoms with Crippen LogP contribution in [0.2, 0.25) is 0 Å². The highest BCUT2D eigenvalue weighted by atomic mass is 16.1. The van der Waals surface area contributed by atoms with Gasteiger partial charge in [0.1, 0.15) is 11.5 Å². The fraction of sp³-hybridized carbons (Fsp3) is 0.158. The number of fused-ring (bicyclic) bond motifs is 2. The lowest BCUT2D eigenvalue weighted by Crippen LogP contribution is -2.24. The third-order valence-corrected chi connectivity index (χ3v) is 4.28. The summed E-state index contributed by atoms with van der Waals surface area (Å²) in [5.74, 6) is 0.720. The Morgan fingerprint density at radius 1 is 1.04 bits per heavy atom. The van der Waals surface area contributed by atoms with E-state index in [-0.39, 0.29) is 5.56 Å². The number of aromatic nitrogens is 3. The van der Waals surface area contributed by atoms with Crippen LogP contribution in [0.3, 0.4) is 0 Å². The zero-order valence-corrected chi connectivity index (χ0v) is 13.1. The molecule has 0 aliphatic heterocycles. The van der Waals surface area contributed by atoms with Crippen molar-refractivity contribution in [3.63, 3.8) is 0 Å². The molecule has 23 heavy (non-hydrogen) atoms. The Labute approximate surface area is 133 Å². The topological polar surface area (TPSA) is 50.7 Å². The van der Waals surface area contributed by atoms with Gasteiger partial charge in [0.25, 0.3) is 5.56 Å². The molecular formula is C19H17N3O. The van der Waals surface area contributed by atoms with Crippen molar-refractivity contribution in [2.75, 3.05) is 0 Å². The van der Waals surface area contributed by atoms with Crippen molar-refractivity contribution in [3.8, 4) is 0 Å². The summed E-state index contributed by atoms with van der Waals surface area (Å²) in [4.78, 5) is 20.5. The highest BCUT2D eigenvalue weighted by Crippen LogP contribution is 2.19. The second-order valence-corrected chi connectivity index (χ2v) is 5.90. The Hall–Kier alpha value is -2.88. The fourth-order valence-corrected chi connectivity index (χ4v) is 3.13. The van der Waals surface area contributed by atoms with Gasteiger partial charge in [-0.2, -0.15) is 0 Å². The second kappa shape index (κ2) is 5.09. The summed E-state index contributed by atoms with van der Waals surface area (Å²) in [6, 6.07) is 16.3. The van der Waals surface area contributed by atoms with Crippen LogP contribution in [0, 0.1) is 13.8 Å². The minimum absolute atomic E-state index is 0.00443. The van der Waals surface area contributed by atoms with Crippen molar-refractivity contribution < 1.29 is 0 Å². The van der Waals surface area contributed by atoms with Gasteiger partial charge in [0, 0.05) is 5.69 Å². The average Bonchev–Trinajstić information content (AvgIpc) is 2.92. The summed E-state index contributed by atoms with van der Waals surface area (Å²) < 4.78 is 1.75. The highest BCUT2D eigenvalue weighted by molar-refractivity contribution is 5.85. The monoisotopic (exact) mass is 303 g/mol. The maximum Gasteiger partial charge on any atom is 0.263 e. The van der Waals surface area contributed by atoms with Gasteiger partial charge in [-0.25, -0.2) is 4.98 Å². The normalized spacial score (nSPS) is 11.4. The van der Waals surface area contributed by atoms with E-state index in [0.29, 0.717) is 17.6 Å². The van der Waals surface area contributed by atoms with Crippen LogP contribution in [0.25, 0.3) is 21.8 Å². The van der Waals surface area contributed by atoms with E-state index in [2.05, 4.69) is 34.2 Å². The van der Waals surface area contributed by atoms with Gasteiger partial charge < -0.3 is 4.98 Å². The van der Waals surface area contributed by atoms with Crippen molar-refractivity contribution >= 4 is 21.8 Å². The predicted octanol–water partition coefficient (Wildman–Crippen LogP) is 3.54. The first kappa shape index (κ1) is 13.8. The summed E-state index contributed by atoms with van der Waals surface area (Å²) in [5, 5.41) is 3.00. The summed E-state index contributed by atoms with van der Waals surface area (Å²) in [5.41, 5.74) is 2.75. The van der Waals surface area contributed by atoms with Crippen LogP contribution in [-0.4, -0.2) is 14.5 Å². The van der Waals surface area contributed by atoms with Crippen molar-refractivity contribution in [1.82, 2.24) is 14.5 Å². The Bertz CT molecular complexity index is 1080. The molecule has 2 aromatic carbocycles. The molecule has 1 N–H and O–H groups in total. The van der Waals surface area contributed by atoms with Crippen molar-refractivity contribution in [1.29, 1.82) is 0 Å². The standard InChI is InChI=1S/C19H17N3O/c1-12-10-17-18(20-12)21-13(2)22(19(17)23)11-15-8-5-7-14-6-3-4-9-16(14)15/h3-10,20H,11H2,1-2H3. The molecule has 0 saturated heterocycles. The van der Waals surface area contributed by atoms with E-state index in [0.717, 1.165) is 17.1 Å². The van der Waals surface area contributed by atoms with Crippen LogP contribution < -0.4 is 5.56 Å². The highest BCUT2D eigenvalue weighted by Gasteiger charge is 2.11. The first-order valence-electron chi connectivity index (χ1n) is 7.67. The fourth-order valence-electron chi connectivity index (χ4n) is 3.13. The van der Waals surface area contributed by atoms with Crippen LogP contribution in [0.5, 0.6) is 0 Å². The molecule has 0 radical (unpaired) electrons. The number of rotatable bonds is 2. The summed E-state index contributed by atoms with van der Waals surface area (Å²) >= 11 is 0. The van der Waals surface area contributed by atoms with Gasteiger partial charge in [-0.1, -0.05) is 42.5 Å². The number of hydrogen-bond acceptors (Lipinski definition) is 2. The largest absolute Gasteiger partial charge is 0.343 e. The number of nitrogens with zero attached hydrogens (tertiary/aromatic N) is 2. The van der Waals surface area contributed by atoms with Gasteiger partial charge in [0.05, 0.1) is 11.9 Å². The van der Waals surface area contributed by atoms with Crippen molar-refractivity contribution in [2.45, 2.75) is 20.4 Å². The van der Waals surface area contributed by atoms with E-state index in [1.807, 2.05) is 38.1 Å². The molecule has 0 bridgehead atoms. The van der Waals surface area contributed by atoms with Gasteiger partial charge in [-0.15, -0.1) is 0 Å². The molecule has 0 unspecified atom stereocenters. The van der Waals surface area contributed by atoms with Crippen LogP contribution in [-0.2, 0) is 6.54 Å². The van der Waals surface area contributed by atoms with Crippen LogP contribution in [0.4, 0.5) is 0 Å². The van der Waals surface area contributed by atoms with E-state index in [1.54, 1.807) is 4.57 Å². The second-order valence-electron chi connectivity index (χ2n) is 5.90. The van der Waals surface area contributed by atoms with Gasteiger partial charge >= 0.3 is 0 Å². The first-order chi connectivity index (χ1) is 11.1. The molecule has 4 heteroatoms. The van der Waals surface area contributed by atoms with Crippen LogP contribution in [0.15, 0.2) is 53.3 Å². The molecule has 4 nitrogen and oxygen atoms in total. The molecule has 4 aromatic rings. The molecule has 0 amide bonds. The third kappa shape index (κ3) is 2.23. The molecule has 114 valence electrons. The van der Waals surface area contributed by atoms with Gasteiger partial charge in [-0.3, -0.25) is 9.36 Å². The van der Waals surface area contributed by atoms with Crippen LogP contribution in [0.1, 0.15) is 17.1 Å². The Kier molecular flexibility index (Phi) is 3.05. The Morgan fingerprint density at radius 3 is 2.70 bits per heavy atom. The number of aromatic amines is 1. The van der Waals surface area contributed by atoms with E-state index >= 15 is 0 Å². The molecule has 4 rings (SSSR count). The zero-order chi connectivity index (χ0) is 16.0. The summed E-state index contributed by atoms with van der Waals surface area (Å²) in [6.45, 7) is 4.34. The minimum atomic E-state index is 0.00443. The molecule has 0 aliphatic carbocycles. The maximum atomic E-state index is 12.8. The molecular weight excluding hydrogens is 286 g/mol. The molecule has 0 atom stereocenters. The van der Waals surface area contributed by atoms with Gasteiger partial charge in [-0.05, 0) is 36.2 Å². The lowest BCUT2D eigenvalue weighted by molar-refractivity contribution is 0.715. The van der Waals surface area contributed by atoms with E-state index in [4.69, 9.17) is 0 Å². The van der Waals surface area contributed by atoms with Gasteiger partial charge in [0.2, 0.25) is 0 Å². The number of hydrogen-bond donors (Lipinski definition) is 1. The summed E-state index contributed by atoms with van der Waals surface area (Å²) in [7, 11) is 0. The lowest BCUT2D eigenvalue weighted by Gasteiger charge is -2.11. The van der Waals surface area contributed by atoms with E-state index < -0.39 is 0 Å². The average molecular weight is 303 g/mol. The SMILES string of the molecule is Cc1cc2c(=O)n(Cc3cccc4ccccc34)c(C)nc2[nH]1. The van der Waals surface area contributed by atoms with Crippen LogP contribution >= 0.6 is 0 Å². The zero-order valence-electron chi connectivity index (χ0n) is 13.1. The smallest absolute Gasteiger partial charge is 0.263 e. The number of H-pyrrole nitrogens is 1. The quantitative estimate of drug-likeness (QED) is 0.616. The molecule has 2 heterocycles. The van der Waals surface area contributed by atoms with E-state index in [1.165, 1.54) is 10.8 Å². The molecule has 0 saturated carbocycles. The van der Waals surface area contributed by atoms with Gasteiger partial charge in [0.15, 0.2) is 0 Å². The Morgan fingerprint density at radius 2 is 1.83 bits per heavy atom.